The normalized spacial score (nSPS) is 25.1. The molecule has 1 aliphatic carbocycles. The van der Waals surface area contributed by atoms with Crippen LogP contribution in [0.1, 0.15) is 25.0 Å². The van der Waals surface area contributed by atoms with Crippen LogP contribution in [0.2, 0.25) is 0 Å². The molecule has 7 heteroatoms. The van der Waals surface area contributed by atoms with E-state index in [9.17, 15) is 19.8 Å². The van der Waals surface area contributed by atoms with Crippen LogP contribution in [0.5, 0.6) is 0 Å². The summed E-state index contributed by atoms with van der Waals surface area (Å²) in [6.45, 7) is 0.395. The van der Waals surface area contributed by atoms with Gasteiger partial charge in [-0.2, -0.15) is 0 Å². The molecule has 1 aromatic rings. The molecular formula is C14H18N2O5. The molecule has 0 radical (unpaired) electrons. The zero-order valence-corrected chi connectivity index (χ0v) is 11.5. The Hall–Kier alpha value is -2.02. The van der Waals surface area contributed by atoms with E-state index >= 15 is 0 Å². The number of carbonyl (C=O) groups is 2. The standard InChI is InChI=1S/C14H18N2O5/c17-10-6-12(13(18)19)16(7-10)14(20)15(9-3-4-9)8-11-2-1-5-21-11/h1-2,5,9-10,12,17H,3-4,6-8H2,(H,18,19). The third-order valence-corrected chi connectivity index (χ3v) is 3.95. The summed E-state index contributed by atoms with van der Waals surface area (Å²) in [6, 6.07) is 2.39. The minimum Gasteiger partial charge on any atom is -0.480 e. The number of carbonyl (C=O) groups excluding carboxylic acids is 1. The number of hydrogen-bond donors (Lipinski definition) is 2. The van der Waals surface area contributed by atoms with E-state index in [1.165, 1.54) is 4.90 Å². The summed E-state index contributed by atoms with van der Waals surface area (Å²) in [5.74, 6) is -0.407. The van der Waals surface area contributed by atoms with E-state index in [-0.39, 0.29) is 25.0 Å². The molecule has 2 fully saturated rings. The summed E-state index contributed by atoms with van der Waals surface area (Å²) in [5.41, 5.74) is 0. The molecule has 1 aliphatic heterocycles. The minimum atomic E-state index is -1.08. The Morgan fingerprint density at radius 3 is 2.76 bits per heavy atom. The van der Waals surface area contributed by atoms with E-state index in [0.29, 0.717) is 12.3 Å². The van der Waals surface area contributed by atoms with Crippen molar-refractivity contribution in [2.45, 2.75) is 44.0 Å². The number of aliphatic carboxylic acids is 1. The van der Waals surface area contributed by atoms with Gasteiger partial charge in [0.05, 0.1) is 18.9 Å². The number of hydrogen-bond acceptors (Lipinski definition) is 4. The molecule has 21 heavy (non-hydrogen) atoms. The first kappa shape index (κ1) is 13.9. The molecule has 1 saturated heterocycles. The van der Waals surface area contributed by atoms with Crippen LogP contribution in [0.15, 0.2) is 22.8 Å². The predicted octanol–water partition coefficient (Wildman–Crippen LogP) is 0.884. The van der Waals surface area contributed by atoms with Crippen molar-refractivity contribution >= 4 is 12.0 Å². The highest BCUT2D eigenvalue weighted by atomic mass is 16.4. The number of aliphatic hydroxyl groups excluding tert-OH is 1. The van der Waals surface area contributed by atoms with Crippen molar-refractivity contribution in [3.8, 4) is 0 Å². The highest BCUT2D eigenvalue weighted by molar-refractivity contribution is 5.83. The lowest BCUT2D eigenvalue weighted by atomic mass is 10.2. The van der Waals surface area contributed by atoms with Crippen LogP contribution in [-0.2, 0) is 11.3 Å². The Bertz CT molecular complexity index is 525. The zero-order valence-electron chi connectivity index (χ0n) is 11.5. The van der Waals surface area contributed by atoms with Crippen LogP contribution in [-0.4, -0.2) is 56.7 Å². The molecule has 114 valence electrons. The van der Waals surface area contributed by atoms with Crippen LogP contribution >= 0.6 is 0 Å². The van der Waals surface area contributed by atoms with Gasteiger partial charge in [-0.25, -0.2) is 9.59 Å². The Balaban J connectivity index is 1.75. The summed E-state index contributed by atoms with van der Waals surface area (Å²) in [5, 5.41) is 18.9. The Morgan fingerprint density at radius 2 is 2.19 bits per heavy atom. The van der Waals surface area contributed by atoms with Gasteiger partial charge in [0.1, 0.15) is 11.8 Å². The zero-order chi connectivity index (χ0) is 15.0. The average Bonchev–Trinajstić information content (AvgIpc) is 2.99. The third-order valence-electron chi connectivity index (χ3n) is 3.95. The van der Waals surface area contributed by atoms with Gasteiger partial charge >= 0.3 is 12.0 Å². The van der Waals surface area contributed by atoms with Gasteiger partial charge in [-0.1, -0.05) is 0 Å². The van der Waals surface area contributed by atoms with Crippen molar-refractivity contribution in [2.24, 2.45) is 0 Å². The first-order valence-electron chi connectivity index (χ1n) is 7.06. The first-order chi connectivity index (χ1) is 10.1. The van der Waals surface area contributed by atoms with Crippen LogP contribution < -0.4 is 0 Å². The van der Waals surface area contributed by atoms with E-state index < -0.39 is 18.1 Å². The molecule has 2 atom stereocenters. The van der Waals surface area contributed by atoms with Crippen molar-refractivity contribution in [1.29, 1.82) is 0 Å². The summed E-state index contributed by atoms with van der Waals surface area (Å²) in [7, 11) is 0. The van der Waals surface area contributed by atoms with Crippen LogP contribution in [0.25, 0.3) is 0 Å². The fourth-order valence-corrected chi connectivity index (χ4v) is 2.73. The molecule has 0 aromatic carbocycles. The maximum Gasteiger partial charge on any atom is 0.326 e. The van der Waals surface area contributed by atoms with Gasteiger partial charge in [0, 0.05) is 19.0 Å². The van der Waals surface area contributed by atoms with Gasteiger partial charge in [-0.3, -0.25) is 0 Å². The smallest absolute Gasteiger partial charge is 0.326 e. The maximum absolute atomic E-state index is 12.6. The van der Waals surface area contributed by atoms with Crippen molar-refractivity contribution in [3.63, 3.8) is 0 Å². The number of aliphatic hydroxyl groups is 1. The molecule has 2 unspecified atom stereocenters. The largest absolute Gasteiger partial charge is 0.480 e. The minimum absolute atomic E-state index is 0.0666. The van der Waals surface area contributed by atoms with Gasteiger partial charge in [-0.15, -0.1) is 0 Å². The first-order valence-corrected chi connectivity index (χ1v) is 7.06. The SMILES string of the molecule is O=C(O)C1CC(O)CN1C(=O)N(Cc1ccco1)C1CC1. The molecule has 1 aromatic heterocycles. The molecule has 2 amide bonds. The number of carboxylic acid groups (broad SMARTS) is 1. The Morgan fingerprint density at radius 1 is 1.43 bits per heavy atom. The summed E-state index contributed by atoms with van der Waals surface area (Å²) in [6.07, 6.45) is 2.69. The number of carboxylic acids is 1. The predicted molar refractivity (Wildman–Crippen MR) is 71.4 cm³/mol. The second-order valence-corrected chi connectivity index (χ2v) is 5.62. The number of amides is 2. The molecule has 0 bridgehead atoms. The Labute approximate surface area is 121 Å². The second-order valence-electron chi connectivity index (χ2n) is 5.62. The third kappa shape index (κ3) is 2.87. The second kappa shape index (κ2) is 5.40. The number of β-amino-alcohol motifs (C(OH)–C–C–N with tert-alkyl or cyclic N) is 1. The monoisotopic (exact) mass is 294 g/mol. The van der Waals surface area contributed by atoms with Crippen LogP contribution in [0.4, 0.5) is 4.79 Å². The highest BCUT2D eigenvalue weighted by Crippen LogP contribution is 2.31. The molecule has 3 rings (SSSR count). The highest BCUT2D eigenvalue weighted by Gasteiger charge is 2.43. The van der Waals surface area contributed by atoms with Crippen molar-refractivity contribution in [2.75, 3.05) is 6.54 Å². The average molecular weight is 294 g/mol. The summed E-state index contributed by atoms with van der Waals surface area (Å²) in [4.78, 5) is 26.8. The topological polar surface area (TPSA) is 94.2 Å². The number of furan rings is 1. The number of likely N-dealkylation sites (tertiary alicyclic amines) is 1. The Kier molecular flexibility index (Phi) is 3.59. The van der Waals surface area contributed by atoms with E-state index in [1.807, 2.05) is 0 Å². The molecule has 1 saturated carbocycles. The fourth-order valence-electron chi connectivity index (χ4n) is 2.73. The summed E-state index contributed by atoms with van der Waals surface area (Å²) >= 11 is 0. The molecule has 2 N–H and O–H groups in total. The van der Waals surface area contributed by atoms with E-state index in [4.69, 9.17) is 4.42 Å². The maximum atomic E-state index is 12.6. The number of rotatable bonds is 4. The molecular weight excluding hydrogens is 276 g/mol. The lowest BCUT2D eigenvalue weighted by molar-refractivity contribution is -0.141. The van der Waals surface area contributed by atoms with E-state index in [1.54, 1.807) is 23.3 Å². The summed E-state index contributed by atoms with van der Waals surface area (Å²) < 4.78 is 5.27. The molecule has 2 heterocycles. The van der Waals surface area contributed by atoms with Gasteiger partial charge in [0.2, 0.25) is 0 Å². The lowest BCUT2D eigenvalue weighted by Crippen LogP contribution is -2.48. The van der Waals surface area contributed by atoms with Crippen LogP contribution in [0, 0.1) is 0 Å². The van der Waals surface area contributed by atoms with Gasteiger partial charge in [0.15, 0.2) is 0 Å². The fraction of sp³-hybridized carbons (Fsp3) is 0.571. The van der Waals surface area contributed by atoms with Gasteiger partial charge in [0.25, 0.3) is 0 Å². The van der Waals surface area contributed by atoms with Crippen molar-refractivity contribution < 1.29 is 24.2 Å². The molecule has 7 nitrogen and oxygen atoms in total. The van der Waals surface area contributed by atoms with E-state index in [0.717, 1.165) is 12.8 Å². The van der Waals surface area contributed by atoms with Gasteiger partial charge < -0.3 is 24.4 Å². The van der Waals surface area contributed by atoms with Crippen molar-refractivity contribution in [3.05, 3.63) is 24.2 Å². The number of nitrogens with zero attached hydrogens (tertiary/aromatic N) is 2. The van der Waals surface area contributed by atoms with Gasteiger partial charge in [-0.05, 0) is 25.0 Å². The van der Waals surface area contributed by atoms with E-state index in [2.05, 4.69) is 0 Å². The quantitative estimate of drug-likeness (QED) is 0.860. The lowest BCUT2D eigenvalue weighted by Gasteiger charge is -2.29. The van der Waals surface area contributed by atoms with Crippen molar-refractivity contribution in [1.82, 2.24) is 9.80 Å². The molecule has 0 spiro atoms. The molecule has 2 aliphatic rings. The number of urea groups is 1. The van der Waals surface area contributed by atoms with Crippen LogP contribution in [0.3, 0.4) is 0 Å².